The summed E-state index contributed by atoms with van der Waals surface area (Å²) < 4.78 is 3.58. The van der Waals surface area contributed by atoms with Crippen molar-refractivity contribution >= 4 is 5.97 Å². The summed E-state index contributed by atoms with van der Waals surface area (Å²) in [6.45, 7) is 12.0. The Hall–Kier alpha value is -1.32. The van der Waals surface area contributed by atoms with Gasteiger partial charge in [-0.25, -0.2) is 13.9 Å². The van der Waals surface area contributed by atoms with Crippen LogP contribution < -0.4 is 4.57 Å². The molecule has 0 bridgehead atoms. The van der Waals surface area contributed by atoms with Crippen LogP contribution in [0.2, 0.25) is 0 Å². The van der Waals surface area contributed by atoms with Gasteiger partial charge in [-0.1, -0.05) is 0 Å². The molecule has 1 rings (SSSR count). The Balaban J connectivity index is 3.47. The molecular formula is C12H21N2O2+. The van der Waals surface area contributed by atoms with Gasteiger partial charge in [-0.15, -0.1) is 0 Å². The van der Waals surface area contributed by atoms with Gasteiger partial charge in [0, 0.05) is 0 Å². The first-order valence-corrected chi connectivity index (χ1v) is 5.42. The number of nitrogens with zero attached hydrogens (tertiary/aromatic N) is 2. The number of hydrogen-bond acceptors (Lipinski definition) is 1. The maximum Gasteiger partial charge on any atom is 0.419 e. The van der Waals surface area contributed by atoms with E-state index in [0.29, 0.717) is 5.82 Å². The fraction of sp³-hybridized carbons (Fsp3) is 0.667. The molecule has 0 amide bonds. The van der Waals surface area contributed by atoms with Crippen LogP contribution in [-0.2, 0) is 11.1 Å². The molecule has 0 saturated carbocycles. The van der Waals surface area contributed by atoms with Crippen molar-refractivity contribution in [3.05, 3.63) is 18.2 Å². The van der Waals surface area contributed by atoms with Crippen LogP contribution in [0, 0.1) is 0 Å². The van der Waals surface area contributed by atoms with E-state index in [0.717, 1.165) is 0 Å². The predicted octanol–water partition coefficient (Wildman–Crippen LogP) is 1.98. The molecular weight excluding hydrogens is 204 g/mol. The summed E-state index contributed by atoms with van der Waals surface area (Å²) >= 11 is 0. The Morgan fingerprint density at radius 3 is 2.06 bits per heavy atom. The zero-order chi connectivity index (χ0) is 12.7. The molecule has 0 radical (unpaired) electrons. The van der Waals surface area contributed by atoms with Crippen molar-refractivity contribution in [1.29, 1.82) is 0 Å². The van der Waals surface area contributed by atoms with Gasteiger partial charge in [0.05, 0.1) is 0 Å². The molecule has 4 heteroatoms. The van der Waals surface area contributed by atoms with Crippen LogP contribution in [-0.4, -0.2) is 15.6 Å². The zero-order valence-corrected chi connectivity index (χ0v) is 10.9. The van der Waals surface area contributed by atoms with E-state index >= 15 is 0 Å². The average molecular weight is 225 g/mol. The molecule has 0 unspecified atom stereocenters. The van der Waals surface area contributed by atoms with E-state index in [9.17, 15) is 9.90 Å². The van der Waals surface area contributed by atoms with Crippen LogP contribution in [0.3, 0.4) is 0 Å². The Kier molecular flexibility index (Phi) is 2.88. The third-order valence-corrected chi connectivity index (χ3v) is 2.46. The number of rotatable bonds is 1. The third-order valence-electron chi connectivity index (χ3n) is 2.46. The molecule has 1 heterocycles. The summed E-state index contributed by atoms with van der Waals surface area (Å²) in [5, 5.41) is 9.32. The number of hydrogen-bond donors (Lipinski definition) is 1. The topological polar surface area (TPSA) is 46.1 Å². The lowest BCUT2D eigenvalue weighted by atomic mass is 10.1. The van der Waals surface area contributed by atoms with Crippen LogP contribution in [0.5, 0.6) is 0 Å². The molecule has 0 spiro atoms. The molecule has 0 aliphatic carbocycles. The second kappa shape index (κ2) is 3.61. The van der Waals surface area contributed by atoms with E-state index in [-0.39, 0.29) is 11.1 Å². The smallest absolute Gasteiger partial charge is 0.419 e. The van der Waals surface area contributed by atoms with Crippen molar-refractivity contribution < 1.29 is 14.5 Å². The lowest BCUT2D eigenvalue weighted by molar-refractivity contribution is -0.755. The number of imidazole rings is 1. The summed E-state index contributed by atoms with van der Waals surface area (Å²) in [5.74, 6) is -0.574. The molecule has 0 saturated heterocycles. The summed E-state index contributed by atoms with van der Waals surface area (Å²) in [5.41, 5.74) is -0.464. The SMILES string of the molecule is CC(C)(C)n1cc[n+](C(C)(C)C)c1C(=O)O. The molecule has 0 aromatic carbocycles. The van der Waals surface area contributed by atoms with E-state index < -0.39 is 5.97 Å². The van der Waals surface area contributed by atoms with Gasteiger partial charge in [0.2, 0.25) is 0 Å². The number of carbonyl (C=O) groups is 1. The summed E-state index contributed by atoms with van der Waals surface area (Å²) in [6.07, 6.45) is 3.66. The van der Waals surface area contributed by atoms with Crippen LogP contribution in [0.25, 0.3) is 0 Å². The number of aromatic carboxylic acids is 1. The van der Waals surface area contributed by atoms with E-state index in [4.69, 9.17) is 0 Å². The molecule has 0 aliphatic rings. The van der Waals surface area contributed by atoms with Crippen molar-refractivity contribution in [2.45, 2.75) is 52.6 Å². The Morgan fingerprint density at radius 2 is 1.75 bits per heavy atom. The van der Waals surface area contributed by atoms with Gasteiger partial charge in [-0.2, -0.15) is 0 Å². The highest BCUT2D eigenvalue weighted by atomic mass is 16.4. The third kappa shape index (κ3) is 2.26. The van der Waals surface area contributed by atoms with E-state index in [2.05, 4.69) is 0 Å². The highest BCUT2D eigenvalue weighted by Gasteiger charge is 2.36. The Bertz CT molecular complexity index is 374. The highest BCUT2D eigenvalue weighted by molar-refractivity contribution is 5.82. The van der Waals surface area contributed by atoms with Gasteiger partial charge >= 0.3 is 11.8 Å². The lowest BCUT2D eigenvalue weighted by Gasteiger charge is -2.19. The molecule has 0 aliphatic heterocycles. The highest BCUT2D eigenvalue weighted by Crippen LogP contribution is 2.17. The first-order valence-electron chi connectivity index (χ1n) is 5.42. The second-order valence-electron chi connectivity index (χ2n) is 6.01. The molecule has 0 atom stereocenters. The largest absolute Gasteiger partial charge is 0.472 e. The summed E-state index contributed by atoms with van der Waals surface area (Å²) in [7, 11) is 0. The predicted molar refractivity (Wildman–Crippen MR) is 61.6 cm³/mol. The van der Waals surface area contributed by atoms with Gasteiger partial charge in [0.15, 0.2) is 0 Å². The monoisotopic (exact) mass is 225 g/mol. The molecule has 1 aromatic heterocycles. The molecule has 4 nitrogen and oxygen atoms in total. The molecule has 1 aromatic rings. The second-order valence-corrected chi connectivity index (χ2v) is 6.01. The minimum Gasteiger partial charge on any atom is -0.472 e. The molecule has 90 valence electrons. The summed E-state index contributed by atoms with van der Waals surface area (Å²) in [4.78, 5) is 11.4. The maximum absolute atomic E-state index is 11.4. The normalized spacial score (nSPS) is 12.9. The molecule has 0 fully saturated rings. The van der Waals surface area contributed by atoms with Crippen molar-refractivity contribution in [2.24, 2.45) is 0 Å². The van der Waals surface area contributed by atoms with Crippen LogP contribution in [0.15, 0.2) is 12.4 Å². The minimum atomic E-state index is -0.894. The van der Waals surface area contributed by atoms with Crippen LogP contribution in [0.4, 0.5) is 0 Å². The lowest BCUT2D eigenvalue weighted by Crippen LogP contribution is -2.54. The number of carboxylic acids is 1. The quantitative estimate of drug-likeness (QED) is 0.743. The number of carboxylic acid groups (broad SMARTS) is 1. The van der Waals surface area contributed by atoms with Gasteiger partial charge in [0.25, 0.3) is 0 Å². The minimum absolute atomic E-state index is 0.232. The molecule has 16 heavy (non-hydrogen) atoms. The van der Waals surface area contributed by atoms with Gasteiger partial charge in [0.1, 0.15) is 23.5 Å². The van der Waals surface area contributed by atoms with Crippen molar-refractivity contribution in [3.63, 3.8) is 0 Å². The fourth-order valence-electron chi connectivity index (χ4n) is 1.68. The van der Waals surface area contributed by atoms with Crippen molar-refractivity contribution in [2.75, 3.05) is 0 Å². The van der Waals surface area contributed by atoms with E-state index in [1.807, 2.05) is 53.9 Å². The van der Waals surface area contributed by atoms with E-state index in [1.54, 1.807) is 9.13 Å². The maximum atomic E-state index is 11.4. The fourth-order valence-corrected chi connectivity index (χ4v) is 1.68. The summed E-state index contributed by atoms with van der Waals surface area (Å²) in [6, 6.07) is 0. The standard InChI is InChI=1S/C12H20N2O2/c1-11(2,3)13-7-8-14(12(4,5)6)9(13)10(15)16/h7-8H,1-6H3/p+1. The first-order chi connectivity index (χ1) is 7.05. The van der Waals surface area contributed by atoms with Crippen molar-refractivity contribution in [1.82, 2.24) is 4.57 Å². The average Bonchev–Trinajstić information content (AvgIpc) is 2.43. The number of aromatic nitrogens is 2. The molecule has 1 N–H and O–H groups in total. The Morgan fingerprint density at radius 1 is 1.25 bits per heavy atom. The van der Waals surface area contributed by atoms with E-state index in [1.165, 1.54) is 0 Å². The first kappa shape index (κ1) is 12.7. The van der Waals surface area contributed by atoms with Crippen LogP contribution in [0.1, 0.15) is 52.2 Å². The van der Waals surface area contributed by atoms with Crippen molar-refractivity contribution in [3.8, 4) is 0 Å². The van der Waals surface area contributed by atoms with Crippen LogP contribution >= 0.6 is 0 Å². The van der Waals surface area contributed by atoms with Gasteiger partial charge in [-0.05, 0) is 41.5 Å². The zero-order valence-electron chi connectivity index (χ0n) is 10.9. The Labute approximate surface area is 96.5 Å². The van der Waals surface area contributed by atoms with Gasteiger partial charge < -0.3 is 5.11 Å². The van der Waals surface area contributed by atoms with Gasteiger partial charge in [-0.3, -0.25) is 0 Å².